The van der Waals surface area contributed by atoms with E-state index in [4.69, 9.17) is 4.74 Å². The molecule has 1 fully saturated rings. The lowest BCUT2D eigenvalue weighted by molar-refractivity contribution is -0.0705. The molecule has 0 spiro atoms. The SMILES string of the molecule is CN=C(NCCc1cccs1)NCc1ccccc1CN1CC(C)OC(C)C1. The summed E-state index contributed by atoms with van der Waals surface area (Å²) < 4.78 is 5.86. The number of ether oxygens (including phenoxy) is 1. The van der Waals surface area contributed by atoms with Crippen molar-refractivity contribution in [1.82, 2.24) is 15.5 Å². The zero-order valence-electron chi connectivity index (χ0n) is 17.1. The molecule has 6 heteroatoms. The number of morpholine rings is 1. The number of aliphatic imine (C=N–C) groups is 1. The molecule has 1 saturated heterocycles. The van der Waals surface area contributed by atoms with Crippen LogP contribution in [0.15, 0.2) is 46.8 Å². The Morgan fingerprint density at radius 1 is 1.11 bits per heavy atom. The zero-order valence-corrected chi connectivity index (χ0v) is 18.0. The van der Waals surface area contributed by atoms with Crippen molar-refractivity contribution in [2.75, 3.05) is 26.7 Å². The molecule has 2 N–H and O–H groups in total. The first-order valence-electron chi connectivity index (χ1n) is 10.1. The van der Waals surface area contributed by atoms with Gasteiger partial charge in [-0.25, -0.2) is 0 Å². The van der Waals surface area contributed by atoms with E-state index in [2.05, 4.69) is 76.2 Å². The van der Waals surface area contributed by atoms with Crippen molar-refractivity contribution in [3.63, 3.8) is 0 Å². The van der Waals surface area contributed by atoms with Gasteiger partial charge in [-0.1, -0.05) is 30.3 Å². The van der Waals surface area contributed by atoms with Crippen molar-refractivity contribution in [2.24, 2.45) is 4.99 Å². The topological polar surface area (TPSA) is 48.9 Å². The van der Waals surface area contributed by atoms with Gasteiger partial charge >= 0.3 is 0 Å². The van der Waals surface area contributed by atoms with Gasteiger partial charge in [0.05, 0.1) is 12.2 Å². The van der Waals surface area contributed by atoms with E-state index < -0.39 is 0 Å². The number of benzene rings is 1. The first-order chi connectivity index (χ1) is 13.6. The number of hydrogen-bond donors (Lipinski definition) is 2. The maximum absolute atomic E-state index is 5.86. The third-order valence-corrected chi connectivity index (χ3v) is 5.86. The highest BCUT2D eigenvalue weighted by molar-refractivity contribution is 7.09. The van der Waals surface area contributed by atoms with E-state index in [1.54, 1.807) is 11.3 Å². The summed E-state index contributed by atoms with van der Waals surface area (Å²) in [6, 6.07) is 12.9. The van der Waals surface area contributed by atoms with E-state index in [-0.39, 0.29) is 0 Å². The molecule has 2 aromatic rings. The zero-order chi connectivity index (χ0) is 19.8. The fourth-order valence-electron chi connectivity index (χ4n) is 3.70. The van der Waals surface area contributed by atoms with Crippen molar-refractivity contribution in [2.45, 2.75) is 45.6 Å². The monoisotopic (exact) mass is 400 g/mol. The number of rotatable bonds is 7. The van der Waals surface area contributed by atoms with Gasteiger partial charge in [0.25, 0.3) is 0 Å². The minimum absolute atomic E-state index is 0.292. The summed E-state index contributed by atoms with van der Waals surface area (Å²) in [4.78, 5) is 8.24. The molecule has 0 saturated carbocycles. The van der Waals surface area contributed by atoms with Crippen LogP contribution in [0.5, 0.6) is 0 Å². The fourth-order valence-corrected chi connectivity index (χ4v) is 4.41. The molecule has 0 bridgehead atoms. The smallest absolute Gasteiger partial charge is 0.191 e. The van der Waals surface area contributed by atoms with Gasteiger partial charge in [-0.2, -0.15) is 0 Å². The summed E-state index contributed by atoms with van der Waals surface area (Å²) >= 11 is 1.80. The summed E-state index contributed by atoms with van der Waals surface area (Å²) in [5.74, 6) is 0.847. The summed E-state index contributed by atoms with van der Waals surface area (Å²) in [5, 5.41) is 8.99. The lowest BCUT2D eigenvalue weighted by atomic mass is 10.1. The van der Waals surface area contributed by atoms with Gasteiger partial charge in [0.2, 0.25) is 0 Å². The second kappa shape index (κ2) is 10.6. The van der Waals surface area contributed by atoms with Gasteiger partial charge in [-0.3, -0.25) is 9.89 Å². The summed E-state index contributed by atoms with van der Waals surface area (Å²) in [6.45, 7) is 8.88. The van der Waals surface area contributed by atoms with Crippen LogP contribution in [-0.4, -0.2) is 49.7 Å². The number of guanidine groups is 1. The van der Waals surface area contributed by atoms with Gasteiger partial charge in [0.15, 0.2) is 5.96 Å². The quantitative estimate of drug-likeness (QED) is 0.553. The molecule has 1 aromatic heterocycles. The Morgan fingerprint density at radius 3 is 2.54 bits per heavy atom. The minimum atomic E-state index is 0.292. The van der Waals surface area contributed by atoms with Gasteiger partial charge in [0.1, 0.15) is 0 Å². The van der Waals surface area contributed by atoms with E-state index >= 15 is 0 Å². The molecule has 1 aromatic carbocycles. The number of hydrogen-bond acceptors (Lipinski definition) is 4. The third kappa shape index (κ3) is 6.33. The van der Waals surface area contributed by atoms with Crippen LogP contribution in [0, 0.1) is 0 Å². The molecule has 28 heavy (non-hydrogen) atoms. The van der Waals surface area contributed by atoms with E-state index in [0.717, 1.165) is 45.1 Å². The molecule has 1 aliphatic heterocycles. The van der Waals surface area contributed by atoms with Crippen LogP contribution in [0.25, 0.3) is 0 Å². The molecular formula is C22H32N4OS. The lowest BCUT2D eigenvalue weighted by Gasteiger charge is -2.35. The van der Waals surface area contributed by atoms with Crippen LogP contribution in [0.1, 0.15) is 29.9 Å². The average molecular weight is 401 g/mol. The number of nitrogens with zero attached hydrogens (tertiary/aromatic N) is 2. The molecule has 3 rings (SSSR count). The molecule has 2 unspecified atom stereocenters. The average Bonchev–Trinajstić information content (AvgIpc) is 3.18. The second-order valence-corrected chi connectivity index (χ2v) is 8.43. The molecule has 0 radical (unpaired) electrons. The summed E-state index contributed by atoms with van der Waals surface area (Å²) in [5.41, 5.74) is 2.68. The highest BCUT2D eigenvalue weighted by Crippen LogP contribution is 2.17. The van der Waals surface area contributed by atoms with Crippen LogP contribution in [0.3, 0.4) is 0 Å². The standard InChI is InChI=1S/C22H32N4OS/c1-17-14-26(15-18(2)27-17)16-20-8-5-4-7-19(20)13-25-22(23-3)24-11-10-21-9-6-12-28-21/h4-9,12,17-18H,10-11,13-16H2,1-3H3,(H2,23,24,25). The van der Waals surface area contributed by atoms with Crippen LogP contribution in [0.4, 0.5) is 0 Å². The molecule has 0 amide bonds. The van der Waals surface area contributed by atoms with E-state index in [1.807, 2.05) is 7.05 Å². The lowest BCUT2D eigenvalue weighted by Crippen LogP contribution is -2.45. The molecule has 2 atom stereocenters. The molecule has 1 aliphatic rings. The maximum Gasteiger partial charge on any atom is 0.191 e. The minimum Gasteiger partial charge on any atom is -0.373 e. The number of nitrogens with one attached hydrogen (secondary N) is 2. The highest BCUT2D eigenvalue weighted by Gasteiger charge is 2.22. The van der Waals surface area contributed by atoms with E-state index in [0.29, 0.717) is 12.2 Å². The molecule has 5 nitrogen and oxygen atoms in total. The second-order valence-electron chi connectivity index (χ2n) is 7.40. The Bertz CT molecular complexity index is 737. The van der Waals surface area contributed by atoms with Crippen LogP contribution < -0.4 is 10.6 Å². The van der Waals surface area contributed by atoms with Crippen molar-refractivity contribution in [3.8, 4) is 0 Å². The van der Waals surface area contributed by atoms with Gasteiger partial charge in [0, 0.05) is 44.6 Å². The van der Waals surface area contributed by atoms with Gasteiger partial charge < -0.3 is 15.4 Å². The van der Waals surface area contributed by atoms with Crippen LogP contribution in [0.2, 0.25) is 0 Å². The Hall–Kier alpha value is -1.89. The fraction of sp³-hybridized carbons (Fsp3) is 0.500. The van der Waals surface area contributed by atoms with Gasteiger partial charge in [-0.15, -0.1) is 11.3 Å². The van der Waals surface area contributed by atoms with E-state index in [1.165, 1.54) is 16.0 Å². The molecule has 0 aliphatic carbocycles. The Labute approximate surface area is 172 Å². The summed E-state index contributed by atoms with van der Waals surface area (Å²) in [7, 11) is 1.82. The van der Waals surface area contributed by atoms with E-state index in [9.17, 15) is 0 Å². The van der Waals surface area contributed by atoms with Crippen LogP contribution >= 0.6 is 11.3 Å². The highest BCUT2D eigenvalue weighted by atomic mass is 32.1. The normalized spacial score (nSPS) is 20.9. The Kier molecular flexibility index (Phi) is 7.89. The van der Waals surface area contributed by atoms with Crippen LogP contribution in [-0.2, 0) is 24.2 Å². The van der Waals surface area contributed by atoms with Crippen molar-refractivity contribution in [3.05, 3.63) is 57.8 Å². The maximum atomic E-state index is 5.86. The van der Waals surface area contributed by atoms with Crippen molar-refractivity contribution < 1.29 is 4.74 Å². The Morgan fingerprint density at radius 2 is 1.86 bits per heavy atom. The molecule has 152 valence electrons. The predicted octanol–water partition coefficient (Wildman–Crippen LogP) is 3.27. The molecule has 2 heterocycles. The van der Waals surface area contributed by atoms with Crippen molar-refractivity contribution >= 4 is 17.3 Å². The number of thiophene rings is 1. The van der Waals surface area contributed by atoms with Gasteiger partial charge in [-0.05, 0) is 42.8 Å². The third-order valence-electron chi connectivity index (χ3n) is 4.92. The first kappa shape index (κ1) is 20.8. The Balaban J connectivity index is 1.52. The van der Waals surface area contributed by atoms with Crippen molar-refractivity contribution in [1.29, 1.82) is 0 Å². The molecular weight excluding hydrogens is 368 g/mol. The first-order valence-corrected chi connectivity index (χ1v) is 10.9. The summed E-state index contributed by atoms with van der Waals surface area (Å²) in [6.07, 6.45) is 1.60. The predicted molar refractivity (Wildman–Crippen MR) is 118 cm³/mol. The largest absolute Gasteiger partial charge is 0.373 e.